The van der Waals surface area contributed by atoms with E-state index in [1.165, 1.54) is 12.8 Å². The van der Waals surface area contributed by atoms with Gasteiger partial charge in [-0.2, -0.15) is 0 Å². The maximum Gasteiger partial charge on any atom is 0.0594 e. The lowest BCUT2D eigenvalue weighted by atomic mass is 9.85. The van der Waals surface area contributed by atoms with Crippen molar-refractivity contribution in [2.45, 2.75) is 46.5 Å². The van der Waals surface area contributed by atoms with Crippen LogP contribution in [-0.2, 0) is 4.74 Å². The Labute approximate surface area is 113 Å². The van der Waals surface area contributed by atoms with Crippen LogP contribution in [0, 0.1) is 11.3 Å². The van der Waals surface area contributed by atoms with Crippen LogP contribution in [0.1, 0.15) is 46.5 Å². The van der Waals surface area contributed by atoms with Crippen molar-refractivity contribution in [1.29, 1.82) is 0 Å². The van der Waals surface area contributed by atoms with E-state index in [4.69, 9.17) is 4.74 Å². The predicted molar refractivity (Wildman–Crippen MR) is 75.8 cm³/mol. The molecule has 1 aliphatic heterocycles. The molecule has 0 spiro atoms. The van der Waals surface area contributed by atoms with Gasteiger partial charge < -0.3 is 9.84 Å². The maximum atomic E-state index is 9.43. The number of ether oxygens (including phenoxy) is 1. The fraction of sp³-hybridized carbons (Fsp3) is 1.00. The zero-order valence-corrected chi connectivity index (χ0v) is 12.5. The van der Waals surface area contributed by atoms with Gasteiger partial charge in [0.25, 0.3) is 0 Å². The largest absolute Gasteiger partial charge is 0.396 e. The van der Waals surface area contributed by atoms with Gasteiger partial charge >= 0.3 is 0 Å². The molecule has 1 rings (SSSR count). The number of hydrogen-bond donors (Lipinski definition) is 1. The fourth-order valence-electron chi connectivity index (χ4n) is 2.39. The maximum absolute atomic E-state index is 9.43. The molecule has 3 heteroatoms. The first kappa shape index (κ1) is 15.9. The lowest BCUT2D eigenvalue weighted by Crippen LogP contribution is -2.37. The molecule has 0 saturated carbocycles. The van der Waals surface area contributed by atoms with Crippen LogP contribution < -0.4 is 0 Å². The molecule has 1 heterocycles. The first-order valence-corrected chi connectivity index (χ1v) is 7.42. The molecule has 1 atom stereocenters. The van der Waals surface area contributed by atoms with Gasteiger partial charge in [-0.1, -0.05) is 20.8 Å². The van der Waals surface area contributed by atoms with Crippen LogP contribution in [0.15, 0.2) is 0 Å². The first-order chi connectivity index (χ1) is 8.51. The van der Waals surface area contributed by atoms with Crippen molar-refractivity contribution >= 4 is 0 Å². The molecule has 0 bridgehead atoms. The van der Waals surface area contributed by atoms with Gasteiger partial charge in [0.1, 0.15) is 0 Å². The van der Waals surface area contributed by atoms with Crippen molar-refractivity contribution in [3.63, 3.8) is 0 Å². The minimum atomic E-state index is 0.346. The van der Waals surface area contributed by atoms with Crippen molar-refractivity contribution in [3.8, 4) is 0 Å². The summed E-state index contributed by atoms with van der Waals surface area (Å²) in [4.78, 5) is 2.47. The van der Waals surface area contributed by atoms with Crippen LogP contribution in [0.25, 0.3) is 0 Å². The van der Waals surface area contributed by atoms with Gasteiger partial charge in [0.2, 0.25) is 0 Å². The van der Waals surface area contributed by atoms with Gasteiger partial charge in [-0.15, -0.1) is 0 Å². The van der Waals surface area contributed by atoms with Gasteiger partial charge in [-0.25, -0.2) is 0 Å². The third-order valence-corrected chi connectivity index (χ3v) is 3.75. The Bertz CT molecular complexity index is 207. The number of morpholine rings is 1. The molecule has 0 amide bonds. The predicted octanol–water partition coefficient (Wildman–Crippen LogP) is 2.53. The molecule has 18 heavy (non-hydrogen) atoms. The van der Waals surface area contributed by atoms with Crippen LogP contribution >= 0.6 is 0 Å². The number of aliphatic hydroxyl groups is 1. The summed E-state index contributed by atoms with van der Waals surface area (Å²) in [7, 11) is 0. The van der Waals surface area contributed by atoms with Gasteiger partial charge in [0.05, 0.1) is 13.2 Å². The molecule has 1 saturated heterocycles. The molecule has 0 aliphatic carbocycles. The van der Waals surface area contributed by atoms with Crippen LogP contribution in [0.4, 0.5) is 0 Å². The third kappa shape index (κ3) is 7.34. The Kier molecular flexibility index (Phi) is 7.20. The van der Waals surface area contributed by atoms with Crippen LogP contribution in [0.5, 0.6) is 0 Å². The molecule has 108 valence electrons. The molecule has 3 nitrogen and oxygen atoms in total. The Balaban J connectivity index is 2.10. The molecule has 0 aromatic rings. The van der Waals surface area contributed by atoms with Gasteiger partial charge in [0.15, 0.2) is 0 Å². The van der Waals surface area contributed by atoms with E-state index in [-0.39, 0.29) is 0 Å². The first-order valence-electron chi connectivity index (χ1n) is 7.42. The smallest absolute Gasteiger partial charge is 0.0594 e. The minimum Gasteiger partial charge on any atom is -0.396 e. The number of rotatable bonds is 7. The lowest BCUT2D eigenvalue weighted by Gasteiger charge is -2.27. The van der Waals surface area contributed by atoms with Gasteiger partial charge in [0, 0.05) is 19.7 Å². The summed E-state index contributed by atoms with van der Waals surface area (Å²) in [5.41, 5.74) is 0.387. The standard InChI is InChI=1S/C15H31NO2/c1-15(2,3)7-6-14(13-17)5-4-8-16-9-11-18-12-10-16/h14,17H,4-13H2,1-3H3/t14-/m1/s1. The van der Waals surface area contributed by atoms with Gasteiger partial charge in [-0.05, 0) is 43.6 Å². The Hall–Kier alpha value is -0.120. The summed E-state index contributed by atoms with van der Waals surface area (Å²) in [6, 6.07) is 0. The van der Waals surface area contributed by atoms with Crippen molar-refractivity contribution in [2.75, 3.05) is 39.5 Å². The quantitative estimate of drug-likeness (QED) is 0.761. The summed E-state index contributed by atoms with van der Waals surface area (Å²) in [6.45, 7) is 12.2. The molecular weight excluding hydrogens is 226 g/mol. The Morgan fingerprint density at radius 3 is 2.39 bits per heavy atom. The van der Waals surface area contributed by atoms with E-state index < -0.39 is 0 Å². The Morgan fingerprint density at radius 1 is 1.17 bits per heavy atom. The number of hydrogen-bond acceptors (Lipinski definition) is 3. The van der Waals surface area contributed by atoms with Crippen LogP contribution in [0.3, 0.4) is 0 Å². The van der Waals surface area contributed by atoms with Crippen molar-refractivity contribution < 1.29 is 9.84 Å². The van der Waals surface area contributed by atoms with Crippen LogP contribution in [0.2, 0.25) is 0 Å². The zero-order chi connectivity index (χ0) is 13.4. The fourth-order valence-corrected chi connectivity index (χ4v) is 2.39. The monoisotopic (exact) mass is 257 g/mol. The summed E-state index contributed by atoms with van der Waals surface area (Å²) < 4.78 is 5.34. The molecule has 1 fully saturated rings. The average molecular weight is 257 g/mol. The second-order valence-corrected chi connectivity index (χ2v) is 6.74. The summed E-state index contributed by atoms with van der Waals surface area (Å²) in [5, 5.41) is 9.43. The highest BCUT2D eigenvalue weighted by molar-refractivity contribution is 4.68. The molecule has 0 aromatic heterocycles. The summed E-state index contributed by atoms with van der Waals surface area (Å²) >= 11 is 0. The normalized spacial score (nSPS) is 20.0. The molecule has 0 radical (unpaired) electrons. The summed E-state index contributed by atoms with van der Waals surface area (Å²) in [5.74, 6) is 0.491. The SMILES string of the molecule is CC(C)(C)CC[C@H](CO)CCCN1CCOCC1. The van der Waals surface area contributed by atoms with E-state index in [0.717, 1.165) is 45.7 Å². The third-order valence-electron chi connectivity index (χ3n) is 3.75. The Morgan fingerprint density at radius 2 is 1.83 bits per heavy atom. The van der Waals surface area contributed by atoms with Crippen LogP contribution in [-0.4, -0.2) is 49.5 Å². The molecule has 0 aromatic carbocycles. The molecule has 0 unspecified atom stereocenters. The molecule has 1 aliphatic rings. The number of nitrogens with zero attached hydrogens (tertiary/aromatic N) is 1. The average Bonchev–Trinajstić information content (AvgIpc) is 2.33. The van der Waals surface area contributed by atoms with E-state index in [0.29, 0.717) is 17.9 Å². The van der Waals surface area contributed by atoms with Gasteiger partial charge in [-0.3, -0.25) is 4.90 Å². The van der Waals surface area contributed by atoms with E-state index in [1.807, 2.05) is 0 Å². The second kappa shape index (κ2) is 8.13. The number of aliphatic hydroxyl groups excluding tert-OH is 1. The second-order valence-electron chi connectivity index (χ2n) is 6.74. The van der Waals surface area contributed by atoms with E-state index in [1.54, 1.807) is 0 Å². The summed E-state index contributed by atoms with van der Waals surface area (Å²) in [6.07, 6.45) is 4.72. The highest BCUT2D eigenvalue weighted by atomic mass is 16.5. The minimum absolute atomic E-state index is 0.346. The van der Waals surface area contributed by atoms with E-state index >= 15 is 0 Å². The van der Waals surface area contributed by atoms with E-state index in [2.05, 4.69) is 25.7 Å². The lowest BCUT2D eigenvalue weighted by molar-refractivity contribution is 0.0361. The highest BCUT2D eigenvalue weighted by Gasteiger charge is 2.16. The van der Waals surface area contributed by atoms with Crippen molar-refractivity contribution in [3.05, 3.63) is 0 Å². The topological polar surface area (TPSA) is 32.7 Å². The van der Waals surface area contributed by atoms with Crippen molar-refractivity contribution in [2.24, 2.45) is 11.3 Å². The molecular formula is C15H31NO2. The van der Waals surface area contributed by atoms with E-state index in [9.17, 15) is 5.11 Å². The molecule has 1 N–H and O–H groups in total. The van der Waals surface area contributed by atoms with Crippen molar-refractivity contribution in [1.82, 2.24) is 4.90 Å². The zero-order valence-electron chi connectivity index (χ0n) is 12.5. The highest BCUT2D eigenvalue weighted by Crippen LogP contribution is 2.25.